The first-order valence-electron chi connectivity index (χ1n) is 11.4. The molecule has 0 saturated carbocycles. The Kier molecular flexibility index (Phi) is 14.9. The van der Waals surface area contributed by atoms with Crippen molar-refractivity contribution < 1.29 is 15.3 Å². The summed E-state index contributed by atoms with van der Waals surface area (Å²) in [5.41, 5.74) is 0.861. The predicted molar refractivity (Wildman–Crippen MR) is 114 cm³/mol. The van der Waals surface area contributed by atoms with Crippen molar-refractivity contribution >= 4 is 0 Å². The van der Waals surface area contributed by atoms with E-state index in [1.807, 2.05) is 0 Å². The van der Waals surface area contributed by atoms with Gasteiger partial charge in [-0.1, -0.05) is 89.9 Å². The summed E-state index contributed by atoms with van der Waals surface area (Å²) < 4.78 is 0. The summed E-state index contributed by atoms with van der Waals surface area (Å²) in [7, 11) is 0. The average molecular weight is 379 g/mol. The number of aliphatic hydroxyl groups excluding tert-OH is 1. The molecule has 0 aliphatic carbocycles. The van der Waals surface area contributed by atoms with E-state index >= 15 is 0 Å². The van der Waals surface area contributed by atoms with Gasteiger partial charge in [-0.3, -0.25) is 0 Å². The second kappa shape index (κ2) is 16.9. The molecule has 0 aliphatic rings. The Bertz CT molecular complexity index is 459. The number of aryl methyl sites for hydroxylation is 1. The van der Waals surface area contributed by atoms with Gasteiger partial charge in [-0.25, -0.2) is 0 Å². The minimum Gasteiger partial charge on any atom is -0.508 e. The molecule has 0 aliphatic heterocycles. The zero-order chi connectivity index (χ0) is 19.6. The molecule has 0 radical (unpaired) electrons. The molecule has 156 valence electrons. The molecule has 0 spiro atoms. The van der Waals surface area contributed by atoms with Crippen molar-refractivity contribution in [2.75, 3.05) is 6.61 Å². The van der Waals surface area contributed by atoms with Crippen LogP contribution in [0.4, 0.5) is 0 Å². The molecule has 3 heteroatoms. The monoisotopic (exact) mass is 378 g/mol. The van der Waals surface area contributed by atoms with Gasteiger partial charge in [-0.05, 0) is 43.0 Å². The molecule has 1 aromatic carbocycles. The number of benzene rings is 1. The third kappa shape index (κ3) is 13.6. The zero-order valence-corrected chi connectivity index (χ0v) is 17.3. The van der Waals surface area contributed by atoms with E-state index in [1.54, 1.807) is 12.1 Å². The van der Waals surface area contributed by atoms with E-state index in [0.717, 1.165) is 24.8 Å². The highest BCUT2D eigenvalue weighted by atomic mass is 16.3. The molecule has 0 atom stereocenters. The zero-order valence-electron chi connectivity index (χ0n) is 17.3. The van der Waals surface area contributed by atoms with Gasteiger partial charge in [0.25, 0.3) is 0 Å². The smallest absolute Gasteiger partial charge is 0.119 e. The van der Waals surface area contributed by atoms with Crippen LogP contribution >= 0.6 is 0 Å². The fourth-order valence-corrected chi connectivity index (χ4v) is 3.67. The number of hydrogen-bond acceptors (Lipinski definition) is 3. The molecular weight excluding hydrogens is 336 g/mol. The Morgan fingerprint density at radius 3 is 1.37 bits per heavy atom. The van der Waals surface area contributed by atoms with Crippen molar-refractivity contribution in [2.45, 2.75) is 109 Å². The minimum atomic E-state index is 0.237. The maximum Gasteiger partial charge on any atom is 0.119 e. The first-order chi connectivity index (χ1) is 13.2. The van der Waals surface area contributed by atoms with Crippen molar-refractivity contribution in [1.82, 2.24) is 0 Å². The molecule has 0 unspecified atom stereocenters. The lowest BCUT2D eigenvalue weighted by atomic mass is 10.0. The normalized spacial score (nSPS) is 11.1. The summed E-state index contributed by atoms with van der Waals surface area (Å²) in [5.74, 6) is 0.537. The predicted octanol–water partition coefficient (Wildman–Crippen LogP) is 6.87. The maximum atomic E-state index is 9.75. The first kappa shape index (κ1) is 23.8. The van der Waals surface area contributed by atoms with Gasteiger partial charge in [0.05, 0.1) is 0 Å². The molecule has 0 aromatic heterocycles. The largest absolute Gasteiger partial charge is 0.508 e. The lowest BCUT2D eigenvalue weighted by molar-refractivity contribution is 0.282. The van der Waals surface area contributed by atoms with E-state index in [0.29, 0.717) is 12.4 Å². The molecule has 1 rings (SSSR count). The van der Waals surface area contributed by atoms with Gasteiger partial charge < -0.3 is 15.3 Å². The van der Waals surface area contributed by atoms with Gasteiger partial charge in [0.2, 0.25) is 0 Å². The van der Waals surface area contributed by atoms with E-state index in [-0.39, 0.29) is 5.75 Å². The summed E-state index contributed by atoms with van der Waals surface area (Å²) in [6.07, 6.45) is 21.5. The molecule has 0 heterocycles. The van der Waals surface area contributed by atoms with E-state index in [1.165, 1.54) is 96.0 Å². The van der Waals surface area contributed by atoms with Crippen molar-refractivity contribution in [3.05, 3.63) is 23.8 Å². The number of aliphatic hydroxyl groups is 1. The minimum absolute atomic E-state index is 0.237. The summed E-state index contributed by atoms with van der Waals surface area (Å²) in [5, 5.41) is 27.9. The van der Waals surface area contributed by atoms with Crippen molar-refractivity contribution in [3.8, 4) is 11.5 Å². The highest BCUT2D eigenvalue weighted by Crippen LogP contribution is 2.24. The van der Waals surface area contributed by atoms with Crippen LogP contribution in [-0.4, -0.2) is 21.9 Å². The molecule has 3 nitrogen and oxygen atoms in total. The number of rotatable bonds is 18. The van der Waals surface area contributed by atoms with E-state index in [9.17, 15) is 10.2 Å². The van der Waals surface area contributed by atoms with Crippen LogP contribution in [0, 0.1) is 0 Å². The number of hydrogen-bond donors (Lipinski definition) is 3. The fourth-order valence-electron chi connectivity index (χ4n) is 3.67. The second-order valence-corrected chi connectivity index (χ2v) is 7.94. The van der Waals surface area contributed by atoms with E-state index < -0.39 is 0 Å². The third-order valence-corrected chi connectivity index (χ3v) is 5.42. The summed E-state index contributed by atoms with van der Waals surface area (Å²) in [6, 6.07) is 4.77. The Morgan fingerprint density at radius 2 is 0.926 bits per heavy atom. The van der Waals surface area contributed by atoms with Gasteiger partial charge in [-0.15, -0.1) is 0 Å². The number of unbranched alkanes of at least 4 members (excludes halogenated alkanes) is 15. The van der Waals surface area contributed by atoms with Gasteiger partial charge in [0.15, 0.2) is 0 Å². The molecule has 0 amide bonds. The maximum absolute atomic E-state index is 9.75. The summed E-state index contributed by atoms with van der Waals surface area (Å²) in [4.78, 5) is 0. The van der Waals surface area contributed by atoms with Gasteiger partial charge in [0, 0.05) is 6.61 Å². The Morgan fingerprint density at radius 1 is 0.519 bits per heavy atom. The standard InChI is InChI=1S/C24H42O3/c25-20-16-14-12-10-8-6-4-2-1-3-5-7-9-11-13-15-17-22-21-23(26)18-19-24(22)27/h18-19,21,25-27H,1-17,20H2. The van der Waals surface area contributed by atoms with Crippen LogP contribution in [0.5, 0.6) is 11.5 Å². The highest BCUT2D eigenvalue weighted by molar-refractivity contribution is 5.38. The van der Waals surface area contributed by atoms with Crippen LogP contribution in [0.2, 0.25) is 0 Å². The van der Waals surface area contributed by atoms with Crippen LogP contribution in [0.1, 0.15) is 108 Å². The second-order valence-electron chi connectivity index (χ2n) is 7.94. The highest BCUT2D eigenvalue weighted by Gasteiger charge is 2.02. The molecule has 1 aromatic rings. The van der Waals surface area contributed by atoms with E-state index in [4.69, 9.17) is 5.11 Å². The van der Waals surface area contributed by atoms with E-state index in [2.05, 4.69) is 0 Å². The number of aromatic hydroxyl groups is 2. The SMILES string of the molecule is OCCCCCCCCCCCCCCCCCCc1cc(O)ccc1O. The van der Waals surface area contributed by atoms with Crippen molar-refractivity contribution in [2.24, 2.45) is 0 Å². The molecular formula is C24H42O3. The lowest BCUT2D eigenvalue weighted by Gasteiger charge is -2.06. The molecule has 27 heavy (non-hydrogen) atoms. The average Bonchev–Trinajstić information content (AvgIpc) is 2.67. The quantitative estimate of drug-likeness (QED) is 0.193. The summed E-state index contributed by atoms with van der Waals surface area (Å²) >= 11 is 0. The van der Waals surface area contributed by atoms with Crippen LogP contribution in [0.3, 0.4) is 0 Å². The number of phenolic OH excluding ortho intramolecular Hbond substituents is 2. The molecule has 0 saturated heterocycles. The first-order valence-corrected chi connectivity index (χ1v) is 11.4. The van der Waals surface area contributed by atoms with Gasteiger partial charge >= 0.3 is 0 Å². The van der Waals surface area contributed by atoms with Crippen LogP contribution < -0.4 is 0 Å². The Hall–Kier alpha value is -1.22. The molecule has 0 bridgehead atoms. The third-order valence-electron chi connectivity index (χ3n) is 5.42. The fraction of sp³-hybridized carbons (Fsp3) is 0.750. The van der Waals surface area contributed by atoms with Crippen molar-refractivity contribution in [1.29, 1.82) is 0 Å². The number of phenols is 2. The molecule has 3 N–H and O–H groups in total. The van der Waals surface area contributed by atoms with Gasteiger partial charge in [0.1, 0.15) is 11.5 Å². The Labute approximate surface area is 166 Å². The topological polar surface area (TPSA) is 60.7 Å². The van der Waals surface area contributed by atoms with Crippen LogP contribution in [0.15, 0.2) is 18.2 Å². The summed E-state index contributed by atoms with van der Waals surface area (Å²) in [6.45, 7) is 0.351. The lowest BCUT2D eigenvalue weighted by Crippen LogP contribution is -1.88. The van der Waals surface area contributed by atoms with Crippen molar-refractivity contribution in [3.63, 3.8) is 0 Å². The van der Waals surface area contributed by atoms with Crippen LogP contribution in [-0.2, 0) is 6.42 Å². The van der Waals surface area contributed by atoms with Gasteiger partial charge in [-0.2, -0.15) is 0 Å². The van der Waals surface area contributed by atoms with Crippen LogP contribution in [0.25, 0.3) is 0 Å². The Balaban J connectivity index is 1.78. The molecule has 0 fully saturated rings.